The number of nitrogen functional groups attached to an aromatic ring is 1. The van der Waals surface area contributed by atoms with E-state index < -0.39 is 0 Å². The first kappa shape index (κ1) is 13.6. The van der Waals surface area contributed by atoms with Crippen LogP contribution in [0.25, 0.3) is 10.7 Å². The number of anilines is 1. The Kier molecular flexibility index (Phi) is 3.96. The van der Waals surface area contributed by atoms with Gasteiger partial charge < -0.3 is 5.73 Å². The van der Waals surface area contributed by atoms with Crippen LogP contribution in [0.5, 0.6) is 0 Å². The van der Waals surface area contributed by atoms with Crippen LogP contribution in [0.3, 0.4) is 0 Å². The van der Waals surface area contributed by atoms with Crippen molar-refractivity contribution in [3.05, 3.63) is 25.7 Å². The van der Waals surface area contributed by atoms with E-state index in [0.717, 1.165) is 19.2 Å². The average Bonchev–Trinajstić information content (AvgIpc) is 3.03. The fourth-order valence-electron chi connectivity index (χ4n) is 2.49. The van der Waals surface area contributed by atoms with Crippen molar-refractivity contribution in [2.24, 2.45) is 0 Å². The standard InChI is InChI=1S/C13H13ClIN3S/c14-8-5-9(19-6-8)13-17-11(7-3-1-2-4-7)10(15)12(16)18-13/h5-7H,1-4H2,(H2,16,17,18). The SMILES string of the molecule is Nc1nc(-c2cc(Cl)cs2)nc(C2CCCC2)c1I. The molecule has 6 heteroatoms. The van der Waals surface area contributed by atoms with E-state index >= 15 is 0 Å². The molecule has 2 heterocycles. The maximum absolute atomic E-state index is 6.05. The van der Waals surface area contributed by atoms with Gasteiger partial charge in [0.15, 0.2) is 5.82 Å². The molecule has 1 saturated carbocycles. The molecule has 100 valence electrons. The first-order chi connectivity index (χ1) is 9.15. The van der Waals surface area contributed by atoms with Crippen LogP contribution in [-0.4, -0.2) is 9.97 Å². The van der Waals surface area contributed by atoms with Gasteiger partial charge in [0, 0.05) is 11.3 Å². The van der Waals surface area contributed by atoms with E-state index in [9.17, 15) is 0 Å². The van der Waals surface area contributed by atoms with Gasteiger partial charge in [0.2, 0.25) is 0 Å². The van der Waals surface area contributed by atoms with E-state index in [1.165, 1.54) is 25.7 Å². The van der Waals surface area contributed by atoms with Gasteiger partial charge >= 0.3 is 0 Å². The van der Waals surface area contributed by atoms with E-state index in [1.54, 1.807) is 11.3 Å². The third kappa shape index (κ3) is 2.73. The van der Waals surface area contributed by atoms with Gasteiger partial charge in [-0.2, -0.15) is 0 Å². The first-order valence-corrected chi connectivity index (χ1v) is 8.56. The Morgan fingerprint density at radius 2 is 2.05 bits per heavy atom. The van der Waals surface area contributed by atoms with Crippen molar-refractivity contribution in [2.45, 2.75) is 31.6 Å². The molecule has 0 unspecified atom stereocenters. The zero-order valence-corrected chi connectivity index (χ0v) is 13.9. The average molecular weight is 406 g/mol. The molecule has 2 aromatic rings. The summed E-state index contributed by atoms with van der Waals surface area (Å²) in [4.78, 5) is 10.1. The number of aromatic nitrogens is 2. The Morgan fingerprint density at radius 1 is 1.32 bits per heavy atom. The molecule has 19 heavy (non-hydrogen) atoms. The maximum Gasteiger partial charge on any atom is 0.171 e. The van der Waals surface area contributed by atoms with Crippen molar-refractivity contribution in [1.29, 1.82) is 0 Å². The molecule has 1 aliphatic carbocycles. The van der Waals surface area contributed by atoms with Gasteiger partial charge in [-0.25, -0.2) is 9.97 Å². The molecule has 2 aromatic heterocycles. The quantitative estimate of drug-likeness (QED) is 0.737. The Hall–Kier alpha value is -0.400. The second-order valence-corrected chi connectivity index (χ2v) is 7.17. The topological polar surface area (TPSA) is 51.8 Å². The molecule has 3 rings (SSSR count). The van der Waals surface area contributed by atoms with E-state index in [0.29, 0.717) is 17.6 Å². The summed E-state index contributed by atoms with van der Waals surface area (Å²) in [5, 5.41) is 2.62. The highest BCUT2D eigenvalue weighted by atomic mass is 127. The summed E-state index contributed by atoms with van der Waals surface area (Å²) in [5.74, 6) is 1.82. The molecule has 0 amide bonds. The highest BCUT2D eigenvalue weighted by Gasteiger charge is 2.23. The highest BCUT2D eigenvalue weighted by molar-refractivity contribution is 14.1. The van der Waals surface area contributed by atoms with Gasteiger partial charge in [0.1, 0.15) is 5.82 Å². The summed E-state index contributed by atoms with van der Waals surface area (Å²) >= 11 is 9.79. The molecule has 1 fully saturated rings. The van der Waals surface area contributed by atoms with Crippen LogP contribution in [0.4, 0.5) is 5.82 Å². The molecule has 0 bridgehead atoms. The minimum Gasteiger partial charge on any atom is -0.383 e. The van der Waals surface area contributed by atoms with Gasteiger partial charge in [0.25, 0.3) is 0 Å². The van der Waals surface area contributed by atoms with Crippen LogP contribution < -0.4 is 5.73 Å². The number of rotatable bonds is 2. The zero-order valence-electron chi connectivity index (χ0n) is 10.2. The summed E-state index contributed by atoms with van der Waals surface area (Å²) in [7, 11) is 0. The fraction of sp³-hybridized carbons (Fsp3) is 0.385. The number of thiophene rings is 1. The molecule has 0 aliphatic heterocycles. The summed E-state index contributed by atoms with van der Waals surface area (Å²) < 4.78 is 1.01. The van der Waals surface area contributed by atoms with Crippen molar-refractivity contribution in [2.75, 3.05) is 5.73 Å². The van der Waals surface area contributed by atoms with Gasteiger partial charge in [-0.05, 0) is 41.5 Å². The molecule has 2 N–H and O–H groups in total. The lowest BCUT2D eigenvalue weighted by Gasteiger charge is -2.13. The van der Waals surface area contributed by atoms with Crippen LogP contribution in [-0.2, 0) is 0 Å². The second-order valence-electron chi connectivity index (χ2n) is 4.74. The first-order valence-electron chi connectivity index (χ1n) is 6.22. The lowest BCUT2D eigenvalue weighted by molar-refractivity contribution is 0.691. The van der Waals surface area contributed by atoms with Crippen molar-refractivity contribution < 1.29 is 0 Å². The molecule has 0 saturated heterocycles. The van der Waals surface area contributed by atoms with Gasteiger partial charge in [-0.3, -0.25) is 0 Å². The number of nitrogens with zero attached hydrogens (tertiary/aromatic N) is 2. The molecule has 0 radical (unpaired) electrons. The van der Waals surface area contributed by atoms with Crippen LogP contribution in [0.15, 0.2) is 11.4 Å². The Labute approximate surface area is 134 Å². The molecular formula is C13H13ClIN3S. The molecule has 0 atom stereocenters. The second kappa shape index (κ2) is 5.54. The third-order valence-corrected chi connectivity index (χ3v) is 5.81. The van der Waals surface area contributed by atoms with Crippen molar-refractivity contribution in [1.82, 2.24) is 9.97 Å². The van der Waals surface area contributed by atoms with Crippen molar-refractivity contribution in [3.8, 4) is 10.7 Å². The largest absolute Gasteiger partial charge is 0.383 e. The Bertz CT molecular complexity index is 608. The van der Waals surface area contributed by atoms with E-state index in [4.69, 9.17) is 22.3 Å². The molecule has 0 aromatic carbocycles. The van der Waals surface area contributed by atoms with Gasteiger partial charge in [-0.1, -0.05) is 24.4 Å². The van der Waals surface area contributed by atoms with Crippen LogP contribution >= 0.6 is 45.5 Å². The maximum atomic E-state index is 6.05. The van der Waals surface area contributed by atoms with Crippen LogP contribution in [0, 0.1) is 3.57 Å². The molecule has 3 nitrogen and oxygen atoms in total. The van der Waals surface area contributed by atoms with E-state index in [-0.39, 0.29) is 0 Å². The minimum absolute atomic E-state index is 0.534. The lowest BCUT2D eigenvalue weighted by Crippen LogP contribution is -2.07. The van der Waals surface area contributed by atoms with Gasteiger partial charge in [0.05, 0.1) is 19.2 Å². The van der Waals surface area contributed by atoms with Crippen LogP contribution in [0.2, 0.25) is 5.02 Å². The summed E-state index contributed by atoms with van der Waals surface area (Å²) in [6.07, 6.45) is 4.98. The normalized spacial score (nSPS) is 16.1. The van der Waals surface area contributed by atoms with E-state index in [1.807, 2.05) is 11.4 Å². The molecular weight excluding hydrogens is 393 g/mol. The fourth-order valence-corrected chi connectivity index (χ4v) is 4.18. The predicted molar refractivity (Wildman–Crippen MR) is 88.7 cm³/mol. The Morgan fingerprint density at radius 3 is 2.68 bits per heavy atom. The zero-order chi connectivity index (χ0) is 13.4. The summed E-state index contributed by atoms with van der Waals surface area (Å²) in [6, 6.07) is 1.90. The molecule has 0 spiro atoms. The van der Waals surface area contributed by atoms with Crippen molar-refractivity contribution >= 4 is 51.3 Å². The predicted octanol–water partition coefficient (Wildman–Crippen LogP) is 4.70. The lowest BCUT2D eigenvalue weighted by atomic mass is 10.0. The Balaban J connectivity index is 2.06. The van der Waals surface area contributed by atoms with Crippen molar-refractivity contribution in [3.63, 3.8) is 0 Å². The number of nitrogens with two attached hydrogens (primary N) is 1. The highest BCUT2D eigenvalue weighted by Crippen LogP contribution is 2.38. The number of hydrogen-bond donors (Lipinski definition) is 1. The number of hydrogen-bond acceptors (Lipinski definition) is 4. The number of halogens is 2. The summed E-state index contributed by atoms with van der Waals surface area (Å²) in [6.45, 7) is 0. The van der Waals surface area contributed by atoms with E-state index in [2.05, 4.69) is 27.6 Å². The molecule has 1 aliphatic rings. The monoisotopic (exact) mass is 405 g/mol. The minimum atomic E-state index is 0.534. The van der Waals surface area contributed by atoms with Crippen LogP contribution in [0.1, 0.15) is 37.3 Å². The summed E-state index contributed by atoms with van der Waals surface area (Å²) in [5.41, 5.74) is 7.16. The smallest absolute Gasteiger partial charge is 0.171 e. The third-order valence-electron chi connectivity index (χ3n) is 3.43. The van der Waals surface area contributed by atoms with Gasteiger partial charge in [-0.15, -0.1) is 11.3 Å².